The molecule has 1 saturated carbocycles. The largest absolute Gasteiger partial charge is 0.496 e. The van der Waals surface area contributed by atoms with Crippen LogP contribution in [0.25, 0.3) is 10.8 Å². The standard InChI is InChI=1S/C19H22O3/c1-19(10-6-3-7-11-19)16-15(18(20)21)12-13-8-4-5-9-14(13)17(16)22-2/h4-5,8-9,12H,3,6-7,10-11H2,1-2H3,(H,20,21). The van der Waals surface area contributed by atoms with E-state index in [0.717, 1.165) is 47.8 Å². The van der Waals surface area contributed by atoms with Gasteiger partial charge in [-0.15, -0.1) is 0 Å². The molecule has 0 amide bonds. The Kier molecular flexibility index (Phi) is 3.81. The van der Waals surface area contributed by atoms with Gasteiger partial charge in [-0.25, -0.2) is 4.79 Å². The molecule has 1 N–H and O–H groups in total. The second-order valence-electron chi connectivity index (χ2n) is 6.48. The zero-order valence-corrected chi connectivity index (χ0v) is 13.2. The third-order valence-corrected chi connectivity index (χ3v) is 5.00. The van der Waals surface area contributed by atoms with Gasteiger partial charge in [0.15, 0.2) is 0 Å². The number of fused-ring (bicyclic) bond motifs is 1. The van der Waals surface area contributed by atoms with E-state index < -0.39 is 5.97 Å². The van der Waals surface area contributed by atoms with Crippen LogP contribution in [0.15, 0.2) is 30.3 Å². The summed E-state index contributed by atoms with van der Waals surface area (Å²) < 4.78 is 5.70. The van der Waals surface area contributed by atoms with Gasteiger partial charge in [0.2, 0.25) is 0 Å². The van der Waals surface area contributed by atoms with Gasteiger partial charge in [0.05, 0.1) is 12.7 Å². The highest BCUT2D eigenvalue weighted by Crippen LogP contribution is 2.47. The molecule has 0 bridgehead atoms. The molecule has 2 aromatic carbocycles. The summed E-state index contributed by atoms with van der Waals surface area (Å²) in [6.07, 6.45) is 5.55. The molecule has 1 fully saturated rings. The fourth-order valence-electron chi connectivity index (χ4n) is 3.88. The van der Waals surface area contributed by atoms with Gasteiger partial charge in [-0.1, -0.05) is 50.5 Å². The molecular formula is C19H22O3. The summed E-state index contributed by atoms with van der Waals surface area (Å²) in [4.78, 5) is 11.9. The first kappa shape index (κ1) is 14.9. The van der Waals surface area contributed by atoms with E-state index in [1.54, 1.807) is 13.2 Å². The monoisotopic (exact) mass is 298 g/mol. The molecule has 1 aliphatic rings. The van der Waals surface area contributed by atoms with E-state index in [2.05, 4.69) is 6.92 Å². The number of carboxylic acids is 1. The van der Waals surface area contributed by atoms with Crippen LogP contribution in [-0.2, 0) is 5.41 Å². The van der Waals surface area contributed by atoms with E-state index in [1.165, 1.54) is 6.42 Å². The summed E-state index contributed by atoms with van der Waals surface area (Å²) in [5, 5.41) is 11.6. The molecular weight excluding hydrogens is 276 g/mol. The van der Waals surface area contributed by atoms with E-state index in [0.29, 0.717) is 5.56 Å². The van der Waals surface area contributed by atoms with Crippen molar-refractivity contribution in [3.05, 3.63) is 41.5 Å². The molecule has 0 heterocycles. The van der Waals surface area contributed by atoms with Crippen molar-refractivity contribution >= 4 is 16.7 Å². The maximum Gasteiger partial charge on any atom is 0.336 e. The molecule has 3 nitrogen and oxygen atoms in total. The van der Waals surface area contributed by atoms with Gasteiger partial charge in [-0.3, -0.25) is 0 Å². The van der Waals surface area contributed by atoms with Crippen molar-refractivity contribution in [2.45, 2.75) is 44.4 Å². The van der Waals surface area contributed by atoms with Crippen LogP contribution >= 0.6 is 0 Å². The van der Waals surface area contributed by atoms with Crippen LogP contribution in [0.2, 0.25) is 0 Å². The average Bonchev–Trinajstić information content (AvgIpc) is 2.53. The Balaban J connectivity index is 2.34. The number of hydrogen-bond acceptors (Lipinski definition) is 2. The highest BCUT2D eigenvalue weighted by Gasteiger charge is 2.36. The third-order valence-electron chi connectivity index (χ3n) is 5.00. The highest BCUT2D eigenvalue weighted by molar-refractivity contribution is 6.00. The Labute approximate surface area is 130 Å². The van der Waals surface area contributed by atoms with Crippen LogP contribution in [0.5, 0.6) is 5.75 Å². The van der Waals surface area contributed by atoms with Crippen molar-refractivity contribution in [1.82, 2.24) is 0 Å². The number of methoxy groups -OCH3 is 1. The summed E-state index contributed by atoms with van der Waals surface area (Å²) in [6, 6.07) is 9.65. The predicted octanol–water partition coefficient (Wildman–Crippen LogP) is 4.77. The van der Waals surface area contributed by atoms with E-state index in [9.17, 15) is 9.90 Å². The van der Waals surface area contributed by atoms with E-state index in [1.807, 2.05) is 24.3 Å². The minimum Gasteiger partial charge on any atom is -0.496 e. The SMILES string of the molecule is COc1c(C2(C)CCCCC2)c(C(=O)O)cc2ccccc12. The van der Waals surface area contributed by atoms with Crippen molar-refractivity contribution < 1.29 is 14.6 Å². The molecule has 3 heteroatoms. The lowest BCUT2D eigenvalue weighted by Crippen LogP contribution is -2.28. The Hall–Kier alpha value is -2.03. The minimum absolute atomic E-state index is 0.124. The van der Waals surface area contributed by atoms with Gasteiger partial charge in [-0.2, -0.15) is 0 Å². The molecule has 0 aromatic heterocycles. The first-order valence-corrected chi connectivity index (χ1v) is 7.90. The van der Waals surface area contributed by atoms with Crippen molar-refractivity contribution in [1.29, 1.82) is 0 Å². The van der Waals surface area contributed by atoms with Crippen molar-refractivity contribution in [3.63, 3.8) is 0 Å². The second kappa shape index (κ2) is 5.64. The van der Waals surface area contributed by atoms with Crippen LogP contribution in [-0.4, -0.2) is 18.2 Å². The number of carboxylic acid groups (broad SMARTS) is 1. The number of aromatic carboxylic acids is 1. The molecule has 0 saturated heterocycles. The quantitative estimate of drug-likeness (QED) is 0.888. The number of benzene rings is 2. The zero-order chi connectivity index (χ0) is 15.7. The van der Waals surface area contributed by atoms with Gasteiger partial charge in [0, 0.05) is 10.9 Å². The maximum atomic E-state index is 11.9. The van der Waals surface area contributed by atoms with Crippen molar-refractivity contribution in [2.75, 3.05) is 7.11 Å². The summed E-state index contributed by atoms with van der Waals surface area (Å²) in [7, 11) is 1.64. The Morgan fingerprint density at radius 3 is 2.50 bits per heavy atom. The molecule has 0 aliphatic heterocycles. The highest BCUT2D eigenvalue weighted by atomic mass is 16.5. The van der Waals surface area contributed by atoms with Crippen LogP contribution < -0.4 is 4.74 Å². The summed E-state index contributed by atoms with van der Waals surface area (Å²) in [5.41, 5.74) is 1.14. The molecule has 2 aromatic rings. The lowest BCUT2D eigenvalue weighted by Gasteiger charge is -2.36. The van der Waals surface area contributed by atoms with Crippen molar-refractivity contribution in [2.24, 2.45) is 0 Å². The Bertz CT molecular complexity index is 712. The third kappa shape index (κ3) is 2.35. The molecule has 0 unspecified atom stereocenters. The van der Waals surface area contributed by atoms with Gasteiger partial charge in [0.25, 0.3) is 0 Å². The second-order valence-corrected chi connectivity index (χ2v) is 6.48. The van der Waals surface area contributed by atoms with Crippen LogP contribution in [0.1, 0.15) is 54.9 Å². The molecule has 0 atom stereocenters. The molecule has 0 spiro atoms. The smallest absolute Gasteiger partial charge is 0.336 e. The summed E-state index contributed by atoms with van der Waals surface area (Å²) in [5.74, 6) is -0.134. The summed E-state index contributed by atoms with van der Waals surface area (Å²) in [6.45, 7) is 2.19. The normalized spacial score (nSPS) is 17.4. The molecule has 22 heavy (non-hydrogen) atoms. The fraction of sp³-hybridized carbons (Fsp3) is 0.421. The number of ether oxygens (including phenoxy) is 1. The molecule has 3 rings (SSSR count). The maximum absolute atomic E-state index is 11.9. The predicted molar refractivity (Wildman–Crippen MR) is 87.9 cm³/mol. The van der Waals surface area contributed by atoms with E-state index in [4.69, 9.17) is 4.74 Å². The number of hydrogen-bond donors (Lipinski definition) is 1. The average molecular weight is 298 g/mol. The van der Waals surface area contributed by atoms with E-state index in [-0.39, 0.29) is 5.41 Å². The first-order chi connectivity index (χ1) is 10.6. The number of carbonyl (C=O) groups is 1. The minimum atomic E-state index is -0.870. The Morgan fingerprint density at radius 2 is 1.86 bits per heavy atom. The molecule has 0 radical (unpaired) electrons. The van der Waals surface area contributed by atoms with E-state index >= 15 is 0 Å². The van der Waals surface area contributed by atoms with Crippen LogP contribution in [0.4, 0.5) is 0 Å². The van der Waals surface area contributed by atoms with Gasteiger partial charge in [0.1, 0.15) is 5.75 Å². The van der Waals surface area contributed by atoms with Crippen LogP contribution in [0.3, 0.4) is 0 Å². The fourth-order valence-corrected chi connectivity index (χ4v) is 3.88. The van der Waals surface area contributed by atoms with Gasteiger partial charge >= 0.3 is 5.97 Å². The Morgan fingerprint density at radius 1 is 1.18 bits per heavy atom. The first-order valence-electron chi connectivity index (χ1n) is 7.90. The lowest BCUT2D eigenvalue weighted by atomic mass is 9.68. The molecule has 1 aliphatic carbocycles. The summed E-state index contributed by atoms with van der Waals surface area (Å²) >= 11 is 0. The molecule has 116 valence electrons. The number of rotatable bonds is 3. The van der Waals surface area contributed by atoms with Crippen LogP contribution in [0, 0.1) is 0 Å². The lowest BCUT2D eigenvalue weighted by molar-refractivity contribution is 0.0692. The topological polar surface area (TPSA) is 46.5 Å². The van der Waals surface area contributed by atoms with Gasteiger partial charge in [-0.05, 0) is 29.7 Å². The zero-order valence-electron chi connectivity index (χ0n) is 13.2. The van der Waals surface area contributed by atoms with Crippen molar-refractivity contribution in [3.8, 4) is 5.75 Å². The van der Waals surface area contributed by atoms with Gasteiger partial charge < -0.3 is 9.84 Å².